The van der Waals surface area contributed by atoms with Crippen molar-refractivity contribution in [2.75, 3.05) is 36.6 Å². The van der Waals surface area contributed by atoms with Gasteiger partial charge in [-0.2, -0.15) is 0 Å². The Kier molecular flexibility index (Phi) is 3.40. The fourth-order valence-corrected chi connectivity index (χ4v) is 1.90. The highest BCUT2D eigenvalue weighted by Crippen LogP contribution is 2.35. The number of nitro groups is 1. The van der Waals surface area contributed by atoms with Gasteiger partial charge in [-0.1, -0.05) is 6.07 Å². The molecular weight excluding hydrogens is 224 g/mol. The Labute approximate surface area is 98.3 Å². The molecule has 0 unspecified atom stereocenters. The first-order valence-corrected chi connectivity index (χ1v) is 5.30. The number of hydrogen-bond donors (Lipinski definition) is 2. The predicted octanol–water partition coefficient (Wildman–Crippen LogP) is 0.717. The number of nitrogens with zero attached hydrogens (tertiary/aromatic N) is 2. The number of hydrogen-bond acceptors (Lipinski definition) is 6. The summed E-state index contributed by atoms with van der Waals surface area (Å²) in [4.78, 5) is 12.6. The van der Waals surface area contributed by atoms with Gasteiger partial charge in [-0.15, -0.1) is 0 Å². The molecule has 1 aromatic carbocycles. The third-order valence-corrected chi connectivity index (χ3v) is 2.70. The summed E-state index contributed by atoms with van der Waals surface area (Å²) in [6.45, 7) is 2.46. The van der Waals surface area contributed by atoms with Crippen LogP contribution in [0.1, 0.15) is 0 Å². The second kappa shape index (κ2) is 4.98. The second-order valence-electron chi connectivity index (χ2n) is 3.67. The Morgan fingerprint density at radius 1 is 1.41 bits per heavy atom. The maximum absolute atomic E-state index is 11.1. The summed E-state index contributed by atoms with van der Waals surface area (Å²) >= 11 is 0. The summed E-state index contributed by atoms with van der Waals surface area (Å²) in [5.74, 6) is 5.29. The van der Waals surface area contributed by atoms with Gasteiger partial charge in [-0.05, 0) is 12.1 Å². The van der Waals surface area contributed by atoms with Gasteiger partial charge in [0.15, 0.2) is 0 Å². The number of benzene rings is 1. The topological polar surface area (TPSA) is 93.7 Å². The zero-order valence-electron chi connectivity index (χ0n) is 9.26. The van der Waals surface area contributed by atoms with Crippen LogP contribution in [0.5, 0.6) is 0 Å². The fourth-order valence-electron chi connectivity index (χ4n) is 1.90. The summed E-state index contributed by atoms with van der Waals surface area (Å²) in [6.07, 6.45) is 0. The summed E-state index contributed by atoms with van der Waals surface area (Å²) in [7, 11) is 0. The molecule has 0 bridgehead atoms. The van der Waals surface area contributed by atoms with Crippen LogP contribution >= 0.6 is 0 Å². The molecule has 1 aliphatic heterocycles. The van der Waals surface area contributed by atoms with Crippen molar-refractivity contribution >= 4 is 17.1 Å². The largest absolute Gasteiger partial charge is 0.378 e. The molecule has 1 saturated heterocycles. The summed E-state index contributed by atoms with van der Waals surface area (Å²) in [5, 5.41) is 11.1. The molecule has 0 atom stereocenters. The molecular formula is C10H14N4O3. The SMILES string of the molecule is NNc1cccc(N2CCOCC2)c1[N+](=O)[O-]. The molecule has 7 heteroatoms. The van der Waals surface area contributed by atoms with Gasteiger partial charge in [0.25, 0.3) is 0 Å². The van der Waals surface area contributed by atoms with Crippen molar-refractivity contribution in [2.24, 2.45) is 5.84 Å². The Morgan fingerprint density at radius 2 is 2.12 bits per heavy atom. The Morgan fingerprint density at radius 3 is 2.71 bits per heavy atom. The van der Waals surface area contributed by atoms with E-state index in [9.17, 15) is 10.1 Å². The van der Waals surface area contributed by atoms with Gasteiger partial charge >= 0.3 is 5.69 Å². The molecule has 7 nitrogen and oxygen atoms in total. The number of nitro benzene ring substituents is 1. The molecule has 1 aromatic rings. The Hall–Kier alpha value is -1.86. The van der Waals surface area contributed by atoms with Crippen molar-refractivity contribution < 1.29 is 9.66 Å². The van der Waals surface area contributed by atoms with Crippen LogP contribution in [0, 0.1) is 10.1 Å². The quantitative estimate of drug-likeness (QED) is 0.457. The fraction of sp³-hybridized carbons (Fsp3) is 0.400. The van der Waals surface area contributed by atoms with Crippen LogP contribution < -0.4 is 16.2 Å². The van der Waals surface area contributed by atoms with Crippen LogP contribution in [-0.4, -0.2) is 31.2 Å². The van der Waals surface area contributed by atoms with E-state index in [4.69, 9.17) is 10.6 Å². The highest BCUT2D eigenvalue weighted by molar-refractivity contribution is 5.76. The summed E-state index contributed by atoms with van der Waals surface area (Å²) < 4.78 is 5.23. The molecule has 17 heavy (non-hydrogen) atoms. The van der Waals surface area contributed by atoms with Crippen molar-refractivity contribution in [2.45, 2.75) is 0 Å². The molecule has 0 aromatic heterocycles. The second-order valence-corrected chi connectivity index (χ2v) is 3.67. The van der Waals surface area contributed by atoms with Gasteiger partial charge in [-0.25, -0.2) is 0 Å². The molecule has 2 rings (SSSR count). The molecule has 1 heterocycles. The van der Waals surface area contributed by atoms with Gasteiger partial charge < -0.3 is 15.1 Å². The third-order valence-electron chi connectivity index (χ3n) is 2.70. The van der Waals surface area contributed by atoms with E-state index < -0.39 is 4.92 Å². The molecule has 0 saturated carbocycles. The van der Waals surface area contributed by atoms with Crippen LogP contribution in [0.15, 0.2) is 18.2 Å². The minimum atomic E-state index is -0.417. The molecule has 1 aliphatic rings. The lowest BCUT2D eigenvalue weighted by atomic mass is 10.2. The number of anilines is 2. The van der Waals surface area contributed by atoms with Gasteiger partial charge in [-0.3, -0.25) is 16.0 Å². The first-order chi connectivity index (χ1) is 8.24. The van der Waals surface area contributed by atoms with Crippen LogP contribution in [0.2, 0.25) is 0 Å². The molecule has 92 valence electrons. The van der Waals surface area contributed by atoms with Gasteiger partial charge in [0, 0.05) is 13.1 Å². The number of ether oxygens (including phenoxy) is 1. The van der Waals surface area contributed by atoms with Crippen molar-refractivity contribution in [3.8, 4) is 0 Å². The number of rotatable bonds is 3. The monoisotopic (exact) mass is 238 g/mol. The first kappa shape index (κ1) is 11.6. The smallest absolute Gasteiger partial charge is 0.316 e. The molecule has 1 fully saturated rings. The van der Waals surface area contributed by atoms with Crippen molar-refractivity contribution in [1.29, 1.82) is 0 Å². The third kappa shape index (κ3) is 2.29. The highest BCUT2D eigenvalue weighted by Gasteiger charge is 2.24. The maximum atomic E-state index is 11.1. The normalized spacial score (nSPS) is 15.7. The average Bonchev–Trinajstić information content (AvgIpc) is 2.38. The van der Waals surface area contributed by atoms with E-state index in [2.05, 4.69) is 5.43 Å². The van der Waals surface area contributed by atoms with Crippen LogP contribution in [-0.2, 0) is 4.74 Å². The zero-order valence-corrected chi connectivity index (χ0v) is 9.26. The molecule has 3 N–H and O–H groups in total. The first-order valence-electron chi connectivity index (χ1n) is 5.30. The zero-order chi connectivity index (χ0) is 12.3. The number of para-hydroxylation sites is 1. The number of nitrogens with two attached hydrogens (primary N) is 1. The minimum absolute atomic E-state index is 0.0110. The van der Waals surface area contributed by atoms with Crippen molar-refractivity contribution in [3.63, 3.8) is 0 Å². The lowest BCUT2D eigenvalue weighted by molar-refractivity contribution is -0.383. The maximum Gasteiger partial charge on any atom is 0.316 e. The van der Waals surface area contributed by atoms with E-state index in [1.54, 1.807) is 18.2 Å². The standard InChI is InChI=1S/C10H14N4O3/c11-12-8-2-1-3-9(10(8)14(15)16)13-4-6-17-7-5-13/h1-3,12H,4-7,11H2. The van der Waals surface area contributed by atoms with E-state index in [0.29, 0.717) is 37.7 Å². The van der Waals surface area contributed by atoms with Gasteiger partial charge in [0.2, 0.25) is 0 Å². The van der Waals surface area contributed by atoms with E-state index in [1.165, 1.54) is 0 Å². The van der Waals surface area contributed by atoms with E-state index in [1.807, 2.05) is 4.90 Å². The number of nitrogens with one attached hydrogen (secondary N) is 1. The average molecular weight is 238 g/mol. The van der Waals surface area contributed by atoms with Gasteiger partial charge in [0.1, 0.15) is 11.4 Å². The van der Waals surface area contributed by atoms with Crippen LogP contribution in [0.3, 0.4) is 0 Å². The van der Waals surface area contributed by atoms with Crippen LogP contribution in [0.25, 0.3) is 0 Å². The van der Waals surface area contributed by atoms with E-state index in [-0.39, 0.29) is 5.69 Å². The lowest BCUT2D eigenvalue weighted by Crippen LogP contribution is -2.36. The number of nitrogen functional groups attached to an aromatic ring is 1. The molecule has 0 spiro atoms. The number of morpholine rings is 1. The Bertz CT molecular complexity index is 418. The van der Waals surface area contributed by atoms with Gasteiger partial charge in [0.05, 0.1) is 18.1 Å². The van der Waals surface area contributed by atoms with E-state index in [0.717, 1.165) is 0 Å². The molecule has 0 aliphatic carbocycles. The molecule has 0 amide bonds. The number of hydrazine groups is 1. The van der Waals surface area contributed by atoms with E-state index >= 15 is 0 Å². The molecule has 0 radical (unpaired) electrons. The Balaban J connectivity index is 2.40. The minimum Gasteiger partial charge on any atom is -0.378 e. The lowest BCUT2D eigenvalue weighted by Gasteiger charge is -2.28. The highest BCUT2D eigenvalue weighted by atomic mass is 16.6. The predicted molar refractivity (Wildman–Crippen MR) is 63.9 cm³/mol. The van der Waals surface area contributed by atoms with Crippen LogP contribution in [0.4, 0.5) is 17.1 Å². The summed E-state index contributed by atoms with van der Waals surface area (Å²) in [6, 6.07) is 5.05. The van der Waals surface area contributed by atoms with Crippen molar-refractivity contribution in [3.05, 3.63) is 28.3 Å². The summed E-state index contributed by atoms with van der Waals surface area (Å²) in [5.41, 5.74) is 3.26. The van der Waals surface area contributed by atoms with Crippen molar-refractivity contribution in [1.82, 2.24) is 0 Å².